The Labute approximate surface area is 193 Å². The van der Waals surface area contributed by atoms with Crippen molar-refractivity contribution in [2.24, 2.45) is 0 Å². The molecule has 2 aromatic carbocycles. The van der Waals surface area contributed by atoms with Gasteiger partial charge in [0.15, 0.2) is 0 Å². The Kier molecular flexibility index (Phi) is 6.19. The van der Waals surface area contributed by atoms with E-state index in [0.29, 0.717) is 17.1 Å². The quantitative estimate of drug-likeness (QED) is 0.438. The van der Waals surface area contributed by atoms with E-state index in [0.717, 1.165) is 11.6 Å². The van der Waals surface area contributed by atoms with Crippen LogP contribution in [0.1, 0.15) is 31.8 Å². The molecule has 0 saturated heterocycles. The molecule has 7 nitrogen and oxygen atoms in total. The number of rotatable bonds is 5. The third-order valence-corrected chi connectivity index (χ3v) is 5.27. The molecule has 2 amide bonds. The number of nitrogens with one attached hydrogen (secondary N) is 2. The molecule has 0 aliphatic carbocycles. The molecule has 0 fully saturated rings. The molecule has 0 spiro atoms. The second kappa shape index (κ2) is 9.22. The van der Waals surface area contributed by atoms with Crippen LogP contribution in [0.4, 0.5) is 10.1 Å². The number of benzene rings is 2. The smallest absolute Gasteiger partial charge is 0.259 e. The molecule has 0 bridgehead atoms. The maximum Gasteiger partial charge on any atom is 0.259 e. The van der Waals surface area contributed by atoms with Gasteiger partial charge in [0.05, 0.1) is 23.4 Å². The number of anilines is 1. The van der Waals surface area contributed by atoms with Gasteiger partial charge in [-0.05, 0) is 53.6 Å². The number of carbonyl (C=O) groups is 3. The second-order valence-corrected chi connectivity index (χ2v) is 7.57. The van der Waals surface area contributed by atoms with Gasteiger partial charge in [0.1, 0.15) is 5.82 Å². The normalized spacial score (nSPS) is 14.0. The molecule has 0 unspecified atom stereocenters. The van der Waals surface area contributed by atoms with Crippen molar-refractivity contribution in [2.75, 3.05) is 12.4 Å². The summed E-state index contributed by atoms with van der Waals surface area (Å²) < 4.78 is 18.5. The largest absolute Gasteiger partial charge is 0.481 e. The highest BCUT2D eigenvalue weighted by Gasteiger charge is 2.29. The van der Waals surface area contributed by atoms with Crippen LogP contribution in [0.25, 0.3) is 6.08 Å². The number of aromatic nitrogens is 1. The van der Waals surface area contributed by atoms with E-state index in [9.17, 15) is 18.8 Å². The summed E-state index contributed by atoms with van der Waals surface area (Å²) in [6, 6.07) is 11.8. The van der Waals surface area contributed by atoms with E-state index in [4.69, 9.17) is 16.3 Å². The van der Waals surface area contributed by atoms with Gasteiger partial charge in [-0.25, -0.2) is 9.37 Å². The van der Waals surface area contributed by atoms with E-state index in [-0.39, 0.29) is 28.3 Å². The minimum Gasteiger partial charge on any atom is -0.481 e. The Balaban J connectivity index is 1.56. The van der Waals surface area contributed by atoms with Gasteiger partial charge >= 0.3 is 0 Å². The Hall–Kier alpha value is -4.04. The number of fused-ring (bicyclic) bond motifs is 1. The van der Waals surface area contributed by atoms with Crippen molar-refractivity contribution in [3.63, 3.8) is 0 Å². The van der Waals surface area contributed by atoms with Crippen molar-refractivity contribution in [3.05, 3.63) is 93.4 Å². The molecule has 2 heterocycles. The fourth-order valence-corrected chi connectivity index (χ4v) is 3.47. The fourth-order valence-electron chi connectivity index (χ4n) is 3.28. The molecule has 33 heavy (non-hydrogen) atoms. The van der Waals surface area contributed by atoms with Crippen LogP contribution >= 0.6 is 11.6 Å². The average molecular weight is 466 g/mol. The lowest BCUT2D eigenvalue weighted by molar-refractivity contribution is -0.112. The number of hydrogen-bond donors (Lipinski definition) is 2. The molecular formula is C24H17ClFN3O4. The molecule has 1 aromatic heterocycles. The molecule has 3 aromatic rings. The molecule has 4 rings (SSSR count). The third kappa shape index (κ3) is 4.75. The lowest BCUT2D eigenvalue weighted by Crippen LogP contribution is -2.28. The zero-order chi connectivity index (χ0) is 23.5. The summed E-state index contributed by atoms with van der Waals surface area (Å²) in [4.78, 5) is 42.1. The number of methoxy groups -OCH3 is 1. The number of Topliss-reactive ketones (excluding diaryl/α,β-unsaturated/α-hetero) is 1. The maximum atomic E-state index is 13.4. The number of ketones is 1. The number of ether oxygens (including phenoxy) is 1. The monoisotopic (exact) mass is 465 g/mol. The highest BCUT2D eigenvalue weighted by molar-refractivity contribution is 6.36. The first-order chi connectivity index (χ1) is 15.9. The summed E-state index contributed by atoms with van der Waals surface area (Å²) in [5.41, 5.74) is 1.77. The van der Waals surface area contributed by atoms with Gasteiger partial charge in [-0.2, -0.15) is 0 Å². The van der Waals surface area contributed by atoms with Crippen molar-refractivity contribution in [1.29, 1.82) is 0 Å². The van der Waals surface area contributed by atoms with E-state index in [1.807, 2.05) is 0 Å². The summed E-state index contributed by atoms with van der Waals surface area (Å²) in [5, 5.41) is 5.28. The lowest BCUT2D eigenvalue weighted by Gasteiger charge is -2.19. The molecule has 9 heteroatoms. The standard InChI is InChI=1S/C24H17ClFN3O4/c1-33-21-10-14(6-7-27-21)12-28-23(31)15-3-5-20-16(11-15)22(30)17(24(32)29-20)8-13-2-4-19(26)18(25)9-13/h2-11H,12H2,1H3,(H,28,31)(H,29,32)/b17-8-. The zero-order valence-electron chi connectivity index (χ0n) is 17.3. The van der Waals surface area contributed by atoms with Gasteiger partial charge in [-0.3, -0.25) is 14.4 Å². The Morgan fingerprint density at radius 1 is 1.18 bits per heavy atom. The first kappa shape index (κ1) is 22.2. The van der Waals surface area contributed by atoms with Crippen LogP contribution in [0, 0.1) is 5.82 Å². The maximum absolute atomic E-state index is 13.4. The van der Waals surface area contributed by atoms with Crippen LogP contribution in [0.2, 0.25) is 5.02 Å². The van der Waals surface area contributed by atoms with E-state index in [1.165, 1.54) is 43.5 Å². The van der Waals surface area contributed by atoms with Crippen molar-refractivity contribution in [3.8, 4) is 5.88 Å². The van der Waals surface area contributed by atoms with Gasteiger partial charge in [-0.1, -0.05) is 17.7 Å². The van der Waals surface area contributed by atoms with Crippen molar-refractivity contribution < 1.29 is 23.5 Å². The van der Waals surface area contributed by atoms with Crippen LogP contribution < -0.4 is 15.4 Å². The predicted octanol–water partition coefficient (Wildman–Crippen LogP) is 4.03. The number of halogens is 2. The van der Waals surface area contributed by atoms with Crippen LogP contribution in [0.5, 0.6) is 5.88 Å². The van der Waals surface area contributed by atoms with Crippen LogP contribution in [-0.2, 0) is 11.3 Å². The third-order valence-electron chi connectivity index (χ3n) is 4.98. The molecule has 1 aliphatic heterocycles. The summed E-state index contributed by atoms with van der Waals surface area (Å²) in [6.45, 7) is 0.232. The van der Waals surface area contributed by atoms with E-state index in [2.05, 4.69) is 15.6 Å². The second-order valence-electron chi connectivity index (χ2n) is 7.16. The number of amides is 2. The zero-order valence-corrected chi connectivity index (χ0v) is 18.1. The van der Waals surface area contributed by atoms with Gasteiger partial charge in [0.25, 0.3) is 11.8 Å². The van der Waals surface area contributed by atoms with Crippen molar-refractivity contribution >= 4 is 41.0 Å². The Bertz CT molecular complexity index is 1320. The van der Waals surface area contributed by atoms with Gasteiger partial charge in [0, 0.05) is 29.9 Å². The van der Waals surface area contributed by atoms with Gasteiger partial charge in [0.2, 0.25) is 11.7 Å². The first-order valence-corrected chi connectivity index (χ1v) is 10.2. The SMILES string of the molecule is COc1cc(CNC(=O)c2ccc3c(c2)C(=O)/C(=C/c2ccc(F)c(Cl)c2)C(=O)N3)ccn1. The van der Waals surface area contributed by atoms with E-state index in [1.54, 1.807) is 18.3 Å². The number of pyridine rings is 1. The highest BCUT2D eigenvalue weighted by atomic mass is 35.5. The molecule has 0 saturated carbocycles. The van der Waals surface area contributed by atoms with Crippen LogP contribution in [-0.4, -0.2) is 29.7 Å². The first-order valence-electron chi connectivity index (χ1n) is 9.79. The Morgan fingerprint density at radius 2 is 2.00 bits per heavy atom. The lowest BCUT2D eigenvalue weighted by atomic mass is 9.93. The predicted molar refractivity (Wildman–Crippen MR) is 121 cm³/mol. The van der Waals surface area contributed by atoms with E-state index < -0.39 is 23.4 Å². The molecule has 2 N–H and O–H groups in total. The molecule has 0 atom stereocenters. The minimum absolute atomic E-state index is 0.126. The minimum atomic E-state index is -0.607. The van der Waals surface area contributed by atoms with Crippen LogP contribution in [0.3, 0.4) is 0 Å². The highest BCUT2D eigenvalue weighted by Crippen LogP contribution is 2.28. The summed E-state index contributed by atoms with van der Waals surface area (Å²) in [5.74, 6) is -1.73. The summed E-state index contributed by atoms with van der Waals surface area (Å²) in [7, 11) is 1.50. The van der Waals surface area contributed by atoms with Crippen molar-refractivity contribution in [2.45, 2.75) is 6.54 Å². The average Bonchev–Trinajstić information content (AvgIpc) is 2.82. The molecule has 0 radical (unpaired) electrons. The molecule has 166 valence electrons. The summed E-state index contributed by atoms with van der Waals surface area (Å²) >= 11 is 5.79. The van der Waals surface area contributed by atoms with Crippen molar-refractivity contribution in [1.82, 2.24) is 10.3 Å². The Morgan fingerprint density at radius 3 is 2.76 bits per heavy atom. The topological polar surface area (TPSA) is 97.4 Å². The molecular weight excluding hydrogens is 449 g/mol. The van der Waals surface area contributed by atoms with E-state index >= 15 is 0 Å². The van der Waals surface area contributed by atoms with Gasteiger partial charge < -0.3 is 15.4 Å². The van der Waals surface area contributed by atoms with Gasteiger partial charge in [-0.15, -0.1) is 0 Å². The molecule has 1 aliphatic rings. The number of hydrogen-bond acceptors (Lipinski definition) is 5. The number of carbonyl (C=O) groups excluding carboxylic acids is 3. The van der Waals surface area contributed by atoms with Crippen LogP contribution in [0.15, 0.2) is 60.3 Å². The number of nitrogens with zero attached hydrogens (tertiary/aromatic N) is 1. The summed E-state index contributed by atoms with van der Waals surface area (Å²) in [6.07, 6.45) is 2.90. The fraction of sp³-hybridized carbons (Fsp3) is 0.0833.